The van der Waals surface area contributed by atoms with E-state index in [1.807, 2.05) is 43.5 Å². The van der Waals surface area contributed by atoms with Gasteiger partial charge in [0.15, 0.2) is 5.69 Å². The average Bonchev–Trinajstić information content (AvgIpc) is 2.96. The number of benzene rings is 1. The van der Waals surface area contributed by atoms with E-state index in [9.17, 15) is 4.79 Å². The van der Waals surface area contributed by atoms with Crippen LogP contribution in [0.1, 0.15) is 11.1 Å². The summed E-state index contributed by atoms with van der Waals surface area (Å²) in [6.45, 7) is 4.04. The number of aromatic nitrogens is 3. The second-order valence-corrected chi connectivity index (χ2v) is 5.72. The van der Waals surface area contributed by atoms with Gasteiger partial charge in [-0.3, -0.25) is 9.78 Å². The Morgan fingerprint density at radius 2 is 2.05 bits per heavy atom. The predicted octanol–water partition coefficient (Wildman–Crippen LogP) is 3.25. The van der Waals surface area contributed by atoms with E-state index >= 15 is 0 Å². The summed E-state index contributed by atoms with van der Waals surface area (Å²) in [6, 6.07) is 9.75. The van der Waals surface area contributed by atoms with Crippen LogP contribution >= 0.6 is 11.3 Å². The molecule has 0 spiro atoms. The van der Waals surface area contributed by atoms with Crippen LogP contribution < -0.4 is 10.9 Å². The van der Waals surface area contributed by atoms with Gasteiger partial charge in [0.2, 0.25) is 5.95 Å². The Balaban J connectivity index is 1.91. The zero-order valence-electron chi connectivity index (χ0n) is 11.7. The molecule has 0 saturated heterocycles. The summed E-state index contributed by atoms with van der Waals surface area (Å²) >= 11 is 1.46. The van der Waals surface area contributed by atoms with Crippen molar-refractivity contribution in [3.05, 3.63) is 57.2 Å². The number of H-pyrrole nitrogens is 1. The van der Waals surface area contributed by atoms with E-state index < -0.39 is 0 Å². The third kappa shape index (κ3) is 2.85. The molecule has 2 aromatic heterocycles. The summed E-state index contributed by atoms with van der Waals surface area (Å²) in [5.74, 6) is 0.340. The van der Waals surface area contributed by atoms with Gasteiger partial charge in [-0.15, -0.1) is 21.5 Å². The minimum atomic E-state index is -0.250. The summed E-state index contributed by atoms with van der Waals surface area (Å²) in [4.78, 5) is 15.6. The van der Waals surface area contributed by atoms with Crippen LogP contribution in [0.15, 0.2) is 40.5 Å². The molecule has 0 unspecified atom stereocenters. The minimum absolute atomic E-state index is 0.250. The Hall–Kier alpha value is -2.47. The first-order chi connectivity index (χ1) is 10.1. The second-order valence-electron chi connectivity index (χ2n) is 4.77. The summed E-state index contributed by atoms with van der Waals surface area (Å²) in [6.07, 6.45) is 0. The van der Waals surface area contributed by atoms with Crippen LogP contribution in [0.5, 0.6) is 0 Å². The van der Waals surface area contributed by atoms with Gasteiger partial charge in [0.05, 0.1) is 4.88 Å². The molecule has 2 N–H and O–H groups in total. The maximum Gasteiger partial charge on any atom is 0.280 e. The molecule has 106 valence electrons. The van der Waals surface area contributed by atoms with Gasteiger partial charge in [0.25, 0.3) is 5.56 Å². The first-order valence-corrected chi connectivity index (χ1v) is 7.36. The van der Waals surface area contributed by atoms with Crippen LogP contribution in [0.4, 0.5) is 11.6 Å². The highest BCUT2D eigenvalue weighted by molar-refractivity contribution is 7.13. The summed E-state index contributed by atoms with van der Waals surface area (Å²) in [5.41, 5.74) is 3.26. The highest BCUT2D eigenvalue weighted by Gasteiger charge is 2.09. The molecule has 0 amide bonds. The molecule has 2 heterocycles. The molecule has 0 bridgehead atoms. The largest absolute Gasteiger partial charge is 0.324 e. The Morgan fingerprint density at radius 1 is 1.19 bits per heavy atom. The smallest absolute Gasteiger partial charge is 0.280 e. The van der Waals surface area contributed by atoms with E-state index in [4.69, 9.17) is 0 Å². The van der Waals surface area contributed by atoms with Gasteiger partial charge >= 0.3 is 0 Å². The normalized spacial score (nSPS) is 10.6. The molecule has 0 fully saturated rings. The molecule has 21 heavy (non-hydrogen) atoms. The fraction of sp³-hybridized carbons (Fsp3) is 0.133. The summed E-state index contributed by atoms with van der Waals surface area (Å²) < 4.78 is 0. The van der Waals surface area contributed by atoms with Crippen LogP contribution in [0.2, 0.25) is 0 Å². The van der Waals surface area contributed by atoms with Crippen LogP contribution in [-0.4, -0.2) is 15.2 Å². The fourth-order valence-corrected chi connectivity index (χ4v) is 2.76. The third-order valence-electron chi connectivity index (χ3n) is 3.09. The van der Waals surface area contributed by atoms with Crippen LogP contribution in [-0.2, 0) is 0 Å². The average molecular weight is 298 g/mol. The van der Waals surface area contributed by atoms with Crippen molar-refractivity contribution in [3.8, 4) is 10.6 Å². The number of hydrogen-bond donors (Lipinski definition) is 2. The van der Waals surface area contributed by atoms with E-state index in [1.54, 1.807) is 0 Å². The van der Waals surface area contributed by atoms with E-state index in [2.05, 4.69) is 26.6 Å². The van der Waals surface area contributed by atoms with Gasteiger partial charge in [-0.2, -0.15) is 0 Å². The van der Waals surface area contributed by atoms with Crippen molar-refractivity contribution in [3.63, 3.8) is 0 Å². The molecule has 0 aliphatic rings. The Morgan fingerprint density at radius 3 is 2.71 bits per heavy atom. The van der Waals surface area contributed by atoms with Crippen molar-refractivity contribution in [1.29, 1.82) is 0 Å². The standard InChI is InChI=1S/C15H14N4OS/c1-9-5-6-11(10(2)8-9)16-15-17-14(20)13(18-19-15)12-4-3-7-21-12/h3-8H,1-2H3,(H2,16,17,19,20). The maximum absolute atomic E-state index is 12.1. The Labute approximate surface area is 125 Å². The zero-order valence-corrected chi connectivity index (χ0v) is 12.5. The van der Waals surface area contributed by atoms with Crippen LogP contribution in [0.3, 0.4) is 0 Å². The van der Waals surface area contributed by atoms with Crippen molar-refractivity contribution < 1.29 is 0 Å². The number of anilines is 2. The number of aromatic amines is 1. The number of rotatable bonds is 3. The number of nitrogens with one attached hydrogen (secondary N) is 2. The van der Waals surface area contributed by atoms with Crippen LogP contribution in [0, 0.1) is 13.8 Å². The monoisotopic (exact) mass is 298 g/mol. The highest BCUT2D eigenvalue weighted by atomic mass is 32.1. The number of hydrogen-bond acceptors (Lipinski definition) is 5. The van der Waals surface area contributed by atoms with Gasteiger partial charge in [-0.1, -0.05) is 23.8 Å². The quantitative estimate of drug-likeness (QED) is 0.778. The molecule has 0 radical (unpaired) electrons. The summed E-state index contributed by atoms with van der Waals surface area (Å²) in [7, 11) is 0. The summed E-state index contributed by atoms with van der Waals surface area (Å²) in [5, 5.41) is 13.1. The molecule has 0 atom stereocenters. The van der Waals surface area contributed by atoms with Crippen molar-refractivity contribution >= 4 is 23.0 Å². The molecule has 0 saturated carbocycles. The Bertz CT molecular complexity index is 824. The predicted molar refractivity (Wildman–Crippen MR) is 85.2 cm³/mol. The molecule has 3 rings (SSSR count). The molecular formula is C15H14N4OS. The lowest BCUT2D eigenvalue weighted by molar-refractivity contribution is 0.964. The molecule has 1 aromatic carbocycles. The van der Waals surface area contributed by atoms with Crippen molar-refractivity contribution in [2.24, 2.45) is 0 Å². The van der Waals surface area contributed by atoms with Crippen LogP contribution in [0.25, 0.3) is 10.6 Å². The molecule has 6 heteroatoms. The Kier molecular flexibility index (Phi) is 3.53. The molecular weight excluding hydrogens is 284 g/mol. The van der Waals surface area contributed by atoms with Gasteiger partial charge < -0.3 is 5.32 Å². The third-order valence-corrected chi connectivity index (χ3v) is 3.96. The first-order valence-electron chi connectivity index (χ1n) is 6.48. The number of aryl methyl sites for hydroxylation is 2. The lowest BCUT2D eigenvalue weighted by atomic mass is 10.1. The fourth-order valence-electron chi connectivity index (χ4n) is 2.05. The van der Waals surface area contributed by atoms with Gasteiger partial charge in [0.1, 0.15) is 0 Å². The van der Waals surface area contributed by atoms with Gasteiger partial charge in [-0.05, 0) is 36.9 Å². The van der Waals surface area contributed by atoms with Crippen molar-refractivity contribution in [2.45, 2.75) is 13.8 Å². The molecule has 3 aromatic rings. The topological polar surface area (TPSA) is 70.7 Å². The van der Waals surface area contributed by atoms with Gasteiger partial charge in [0, 0.05) is 5.69 Å². The maximum atomic E-state index is 12.1. The van der Waals surface area contributed by atoms with Crippen molar-refractivity contribution in [1.82, 2.24) is 15.2 Å². The van der Waals surface area contributed by atoms with E-state index in [1.165, 1.54) is 16.9 Å². The number of thiophene rings is 1. The lowest BCUT2D eigenvalue weighted by Gasteiger charge is -2.08. The highest BCUT2D eigenvalue weighted by Crippen LogP contribution is 2.20. The van der Waals surface area contributed by atoms with Crippen molar-refractivity contribution in [2.75, 3.05) is 5.32 Å². The van der Waals surface area contributed by atoms with E-state index in [-0.39, 0.29) is 5.56 Å². The molecule has 0 aliphatic heterocycles. The second kappa shape index (κ2) is 5.49. The minimum Gasteiger partial charge on any atom is -0.324 e. The van der Waals surface area contributed by atoms with E-state index in [0.29, 0.717) is 11.6 Å². The van der Waals surface area contributed by atoms with E-state index in [0.717, 1.165) is 16.1 Å². The van der Waals surface area contributed by atoms with Gasteiger partial charge in [-0.25, -0.2) is 0 Å². The first kappa shape index (κ1) is 13.5. The number of nitrogens with zero attached hydrogens (tertiary/aromatic N) is 2. The SMILES string of the molecule is Cc1ccc(Nc2nnc(-c3cccs3)c(=O)[nH]2)c(C)c1. The molecule has 5 nitrogen and oxygen atoms in total. The lowest BCUT2D eigenvalue weighted by Crippen LogP contribution is -2.15. The molecule has 0 aliphatic carbocycles. The zero-order chi connectivity index (χ0) is 14.8.